The normalized spacial score (nSPS) is 13.1. The summed E-state index contributed by atoms with van der Waals surface area (Å²) in [4.78, 5) is 5.98. The second-order valence-corrected chi connectivity index (χ2v) is 5.64. The predicted molar refractivity (Wildman–Crippen MR) is 73.6 cm³/mol. The number of thiazole rings is 1. The van der Waals surface area contributed by atoms with Gasteiger partial charge in [0.25, 0.3) is 0 Å². The summed E-state index contributed by atoms with van der Waals surface area (Å²) >= 11 is 1.69. The van der Waals surface area contributed by atoms with E-state index in [0.29, 0.717) is 0 Å². The number of H-pyrrole nitrogens is 1. The lowest BCUT2D eigenvalue weighted by atomic mass is 10.0. The average Bonchev–Trinajstić information content (AvgIpc) is 3.07. The summed E-state index contributed by atoms with van der Waals surface area (Å²) in [6.07, 6.45) is 5.79. The molecule has 7 heteroatoms. The van der Waals surface area contributed by atoms with Crippen LogP contribution in [0.1, 0.15) is 10.6 Å². The van der Waals surface area contributed by atoms with E-state index in [2.05, 4.69) is 25.6 Å². The first-order chi connectivity index (χ1) is 9.29. The lowest BCUT2D eigenvalue weighted by molar-refractivity contribution is 0.771. The summed E-state index contributed by atoms with van der Waals surface area (Å²) in [5.41, 5.74) is 3.37. The fourth-order valence-electron chi connectivity index (χ4n) is 2.32. The lowest BCUT2D eigenvalue weighted by Gasteiger charge is -2.08. The molecule has 0 amide bonds. The third-order valence-electron chi connectivity index (χ3n) is 3.22. The second-order valence-electron chi connectivity index (χ2n) is 4.55. The molecule has 0 fully saturated rings. The number of aryl methyl sites for hydroxylation is 3. The number of rotatable bonds is 2. The fourth-order valence-corrected chi connectivity index (χ4v) is 3.30. The molecule has 0 bridgehead atoms. The Balaban J connectivity index is 1.70. The highest BCUT2D eigenvalue weighted by molar-refractivity contribution is 7.16. The molecule has 0 aliphatic heterocycles. The minimum absolute atomic E-state index is 0.820. The van der Waals surface area contributed by atoms with E-state index in [4.69, 9.17) is 0 Å². The van der Waals surface area contributed by atoms with Crippen LogP contribution in [-0.4, -0.2) is 25.0 Å². The summed E-state index contributed by atoms with van der Waals surface area (Å²) in [6.45, 7) is 0. The Labute approximate surface area is 113 Å². The molecule has 0 spiro atoms. The Kier molecular flexibility index (Phi) is 2.22. The van der Waals surface area contributed by atoms with Gasteiger partial charge in [0.2, 0.25) is 0 Å². The molecular weight excluding hydrogens is 260 g/mol. The maximum absolute atomic E-state index is 4.67. The highest BCUT2D eigenvalue weighted by atomic mass is 32.1. The molecule has 6 nitrogen and oxygen atoms in total. The fraction of sp³-hybridized carbons (Fsp3) is 0.250. The van der Waals surface area contributed by atoms with E-state index in [0.717, 1.165) is 35.0 Å². The summed E-state index contributed by atoms with van der Waals surface area (Å²) in [7, 11) is 1.90. The third kappa shape index (κ3) is 1.74. The number of aromatic nitrogens is 5. The minimum Gasteiger partial charge on any atom is -0.315 e. The maximum Gasteiger partial charge on any atom is 0.189 e. The first-order valence-electron chi connectivity index (χ1n) is 6.08. The van der Waals surface area contributed by atoms with Crippen LogP contribution in [0, 0.1) is 0 Å². The van der Waals surface area contributed by atoms with Gasteiger partial charge in [0.1, 0.15) is 0 Å². The van der Waals surface area contributed by atoms with Crippen molar-refractivity contribution in [1.29, 1.82) is 0 Å². The maximum atomic E-state index is 4.67. The monoisotopic (exact) mass is 272 g/mol. The van der Waals surface area contributed by atoms with E-state index in [1.807, 2.05) is 25.5 Å². The van der Waals surface area contributed by atoms with Gasteiger partial charge >= 0.3 is 0 Å². The van der Waals surface area contributed by atoms with Crippen LogP contribution in [-0.2, 0) is 19.9 Å². The van der Waals surface area contributed by atoms with Crippen LogP contribution in [0.15, 0.2) is 18.5 Å². The van der Waals surface area contributed by atoms with Gasteiger partial charge in [0.05, 0.1) is 11.9 Å². The minimum atomic E-state index is 0.820. The van der Waals surface area contributed by atoms with E-state index >= 15 is 0 Å². The van der Waals surface area contributed by atoms with Gasteiger partial charge < -0.3 is 5.32 Å². The van der Waals surface area contributed by atoms with Crippen molar-refractivity contribution in [2.75, 3.05) is 5.32 Å². The highest BCUT2D eigenvalue weighted by Crippen LogP contribution is 2.37. The van der Waals surface area contributed by atoms with Gasteiger partial charge in [-0.2, -0.15) is 10.2 Å². The molecule has 3 aromatic heterocycles. The van der Waals surface area contributed by atoms with Crippen molar-refractivity contribution in [3.05, 3.63) is 29.0 Å². The van der Waals surface area contributed by atoms with Crippen LogP contribution in [0.4, 0.5) is 10.9 Å². The standard InChI is InChI=1S/C12H12N6S/c1-18-5-4-10(17-18)14-12-15-11-7-6-13-16-8(7)2-3-9(11)19-12/h4-6H,2-3H2,1H3,(H,13,16)(H,14,15,17). The first-order valence-corrected chi connectivity index (χ1v) is 6.90. The number of hydrogen-bond acceptors (Lipinski definition) is 5. The molecule has 19 heavy (non-hydrogen) atoms. The first kappa shape index (κ1) is 10.7. The van der Waals surface area contributed by atoms with Gasteiger partial charge in [-0.15, -0.1) is 11.3 Å². The number of hydrogen-bond donors (Lipinski definition) is 2. The van der Waals surface area contributed by atoms with Crippen molar-refractivity contribution in [2.24, 2.45) is 7.05 Å². The van der Waals surface area contributed by atoms with E-state index in [-0.39, 0.29) is 0 Å². The van der Waals surface area contributed by atoms with Crippen molar-refractivity contribution in [1.82, 2.24) is 25.0 Å². The predicted octanol–water partition coefficient (Wildman–Crippen LogP) is 2.11. The van der Waals surface area contributed by atoms with E-state index in [1.165, 1.54) is 10.6 Å². The van der Waals surface area contributed by atoms with Crippen molar-refractivity contribution in [2.45, 2.75) is 12.8 Å². The van der Waals surface area contributed by atoms with Crippen LogP contribution < -0.4 is 5.32 Å². The average molecular weight is 272 g/mol. The smallest absolute Gasteiger partial charge is 0.189 e. The topological polar surface area (TPSA) is 71.4 Å². The van der Waals surface area contributed by atoms with E-state index in [9.17, 15) is 0 Å². The van der Waals surface area contributed by atoms with Crippen molar-refractivity contribution >= 4 is 22.3 Å². The Bertz CT molecular complexity index is 737. The third-order valence-corrected chi connectivity index (χ3v) is 4.25. The molecule has 0 atom stereocenters. The molecule has 3 aromatic rings. The largest absolute Gasteiger partial charge is 0.315 e. The molecule has 4 rings (SSSR count). The van der Waals surface area contributed by atoms with Gasteiger partial charge in [-0.05, 0) is 12.8 Å². The summed E-state index contributed by atoms with van der Waals surface area (Å²) in [5, 5.41) is 15.6. The van der Waals surface area contributed by atoms with Crippen molar-refractivity contribution < 1.29 is 0 Å². The molecule has 3 heterocycles. The zero-order valence-electron chi connectivity index (χ0n) is 10.3. The zero-order valence-corrected chi connectivity index (χ0v) is 11.2. The second kappa shape index (κ2) is 3.92. The Hall–Kier alpha value is -2.15. The van der Waals surface area contributed by atoms with Crippen LogP contribution in [0.2, 0.25) is 0 Å². The summed E-state index contributed by atoms with van der Waals surface area (Å²) in [6, 6.07) is 1.93. The molecule has 1 aliphatic rings. The van der Waals surface area contributed by atoms with Gasteiger partial charge in [0.15, 0.2) is 10.9 Å². The molecule has 1 aliphatic carbocycles. The molecule has 96 valence electrons. The number of aromatic amines is 1. The Morgan fingerprint density at radius 2 is 2.37 bits per heavy atom. The number of anilines is 2. The quantitative estimate of drug-likeness (QED) is 0.749. The van der Waals surface area contributed by atoms with Crippen LogP contribution >= 0.6 is 11.3 Å². The van der Waals surface area contributed by atoms with Gasteiger partial charge in [-0.1, -0.05) is 0 Å². The van der Waals surface area contributed by atoms with Gasteiger partial charge in [-0.25, -0.2) is 4.98 Å². The molecule has 0 radical (unpaired) electrons. The number of nitrogens with zero attached hydrogens (tertiary/aromatic N) is 4. The van der Waals surface area contributed by atoms with Crippen LogP contribution in [0.5, 0.6) is 0 Å². The molecule has 0 unspecified atom stereocenters. The molecular formula is C12H12N6S. The highest BCUT2D eigenvalue weighted by Gasteiger charge is 2.22. The number of nitrogens with one attached hydrogen (secondary N) is 2. The SMILES string of the molecule is Cn1ccc(Nc2nc3c(s2)CCc2[nH]ncc2-3)n1. The molecule has 0 saturated heterocycles. The van der Waals surface area contributed by atoms with Gasteiger partial charge in [0, 0.05) is 35.4 Å². The lowest BCUT2D eigenvalue weighted by Crippen LogP contribution is -2.00. The summed E-state index contributed by atoms with van der Waals surface area (Å²) in [5.74, 6) is 0.820. The Morgan fingerprint density at radius 1 is 1.42 bits per heavy atom. The summed E-state index contributed by atoms with van der Waals surface area (Å²) < 4.78 is 1.77. The Morgan fingerprint density at radius 3 is 3.21 bits per heavy atom. The molecule has 0 aromatic carbocycles. The molecule has 2 N–H and O–H groups in total. The van der Waals surface area contributed by atoms with Gasteiger partial charge in [-0.3, -0.25) is 9.78 Å². The van der Waals surface area contributed by atoms with Crippen LogP contribution in [0.3, 0.4) is 0 Å². The molecule has 0 saturated carbocycles. The van der Waals surface area contributed by atoms with Crippen molar-refractivity contribution in [3.63, 3.8) is 0 Å². The van der Waals surface area contributed by atoms with E-state index < -0.39 is 0 Å². The zero-order chi connectivity index (χ0) is 12.8. The number of fused-ring (bicyclic) bond motifs is 3. The van der Waals surface area contributed by atoms with Crippen molar-refractivity contribution in [3.8, 4) is 11.3 Å². The van der Waals surface area contributed by atoms with Crippen LogP contribution in [0.25, 0.3) is 11.3 Å². The van der Waals surface area contributed by atoms with E-state index in [1.54, 1.807) is 16.0 Å².